The van der Waals surface area contributed by atoms with Crippen molar-refractivity contribution in [1.29, 1.82) is 0 Å². The van der Waals surface area contributed by atoms with Crippen molar-refractivity contribution in [3.63, 3.8) is 0 Å². The summed E-state index contributed by atoms with van der Waals surface area (Å²) in [6.45, 7) is 2.52. The molecule has 0 spiro atoms. The largest absolute Gasteiger partial charge is 0.507 e. The molecule has 0 saturated heterocycles. The number of rotatable bonds is 9. The Bertz CT molecular complexity index is 1790. The van der Waals surface area contributed by atoms with E-state index in [4.69, 9.17) is 25.8 Å². The smallest absolute Gasteiger partial charge is 0.273 e. The number of phenols is 1. The van der Waals surface area contributed by atoms with Crippen LogP contribution in [0.5, 0.6) is 23.0 Å². The lowest BCUT2D eigenvalue weighted by molar-refractivity contribution is 0.0730. The van der Waals surface area contributed by atoms with Crippen molar-refractivity contribution >= 4 is 17.5 Å². The average molecular weight is 596 g/mol. The maximum absolute atomic E-state index is 13.9. The van der Waals surface area contributed by atoms with Crippen LogP contribution in [0.1, 0.15) is 44.3 Å². The first-order valence-electron chi connectivity index (χ1n) is 13.7. The van der Waals surface area contributed by atoms with Gasteiger partial charge in [-0.05, 0) is 65.6 Å². The SMILES string of the molecule is COc1ccc(CN2C(=O)c3[nH]nc(-c4cc(Cl)c(C)cc4O)c3C2c2ccc(OCc3ccccc3)c(OC)c2)cc1. The van der Waals surface area contributed by atoms with Crippen LogP contribution in [0.15, 0.2) is 84.9 Å². The molecule has 2 N–H and O–H groups in total. The number of ether oxygens (including phenoxy) is 3. The molecular formula is C34H30ClN3O5. The first-order valence-corrected chi connectivity index (χ1v) is 14.1. The second-order valence-electron chi connectivity index (χ2n) is 10.3. The van der Waals surface area contributed by atoms with Gasteiger partial charge in [0.25, 0.3) is 5.91 Å². The van der Waals surface area contributed by atoms with E-state index in [1.54, 1.807) is 31.3 Å². The van der Waals surface area contributed by atoms with E-state index in [0.29, 0.717) is 52.2 Å². The topological polar surface area (TPSA) is 96.9 Å². The zero-order chi connectivity index (χ0) is 30.1. The van der Waals surface area contributed by atoms with Crippen LogP contribution >= 0.6 is 11.6 Å². The molecule has 1 aromatic heterocycles. The Labute approximate surface area is 254 Å². The molecule has 43 heavy (non-hydrogen) atoms. The number of phenolic OH excluding ortho intramolecular Hbond substituents is 1. The van der Waals surface area contributed by atoms with Crippen LogP contribution in [0.4, 0.5) is 0 Å². The van der Waals surface area contributed by atoms with E-state index >= 15 is 0 Å². The van der Waals surface area contributed by atoms with Gasteiger partial charge in [-0.15, -0.1) is 0 Å². The highest BCUT2D eigenvalue weighted by Gasteiger charge is 2.43. The van der Waals surface area contributed by atoms with Crippen LogP contribution in [-0.4, -0.2) is 40.3 Å². The number of nitrogens with zero attached hydrogens (tertiary/aromatic N) is 2. The minimum absolute atomic E-state index is 0.0262. The van der Waals surface area contributed by atoms with E-state index in [0.717, 1.165) is 28.0 Å². The molecular weight excluding hydrogens is 566 g/mol. The number of aryl methyl sites for hydroxylation is 1. The third kappa shape index (κ3) is 5.37. The molecule has 1 atom stereocenters. The molecule has 1 unspecified atom stereocenters. The van der Waals surface area contributed by atoms with Crippen LogP contribution in [0.2, 0.25) is 5.02 Å². The van der Waals surface area contributed by atoms with Crippen molar-refractivity contribution in [3.8, 4) is 34.3 Å². The summed E-state index contributed by atoms with van der Waals surface area (Å²) in [5, 5.41) is 18.8. The number of hydrogen-bond acceptors (Lipinski definition) is 6. The van der Waals surface area contributed by atoms with Crippen molar-refractivity contribution in [2.24, 2.45) is 0 Å². The number of H-pyrrole nitrogens is 1. The van der Waals surface area contributed by atoms with Gasteiger partial charge in [0, 0.05) is 22.7 Å². The molecule has 0 saturated carbocycles. The number of aromatic nitrogens is 2. The van der Waals surface area contributed by atoms with E-state index in [1.807, 2.05) is 79.7 Å². The number of carbonyl (C=O) groups excluding carboxylic acids is 1. The Morgan fingerprint density at radius 2 is 1.70 bits per heavy atom. The number of hydrogen-bond donors (Lipinski definition) is 2. The summed E-state index contributed by atoms with van der Waals surface area (Å²) >= 11 is 6.46. The number of aromatic hydroxyl groups is 1. The Hall–Kier alpha value is -4.95. The molecule has 8 nitrogen and oxygen atoms in total. The molecule has 1 aliphatic rings. The molecule has 1 aliphatic heterocycles. The maximum atomic E-state index is 13.9. The van der Waals surface area contributed by atoms with Crippen LogP contribution in [0.25, 0.3) is 11.3 Å². The average Bonchev–Trinajstić information content (AvgIpc) is 3.57. The van der Waals surface area contributed by atoms with Gasteiger partial charge in [-0.2, -0.15) is 5.10 Å². The number of carbonyl (C=O) groups is 1. The molecule has 2 heterocycles. The second-order valence-corrected chi connectivity index (χ2v) is 10.8. The third-order valence-corrected chi connectivity index (χ3v) is 8.06. The zero-order valence-electron chi connectivity index (χ0n) is 23.9. The van der Waals surface area contributed by atoms with Crippen molar-refractivity contribution in [2.45, 2.75) is 26.1 Å². The number of nitrogens with one attached hydrogen (secondary N) is 1. The van der Waals surface area contributed by atoms with Gasteiger partial charge in [0.05, 0.1) is 20.3 Å². The molecule has 0 aliphatic carbocycles. The van der Waals surface area contributed by atoms with E-state index < -0.39 is 6.04 Å². The van der Waals surface area contributed by atoms with Crippen LogP contribution in [0, 0.1) is 6.92 Å². The lowest BCUT2D eigenvalue weighted by Crippen LogP contribution is -2.29. The van der Waals surface area contributed by atoms with Crippen molar-refractivity contribution in [2.75, 3.05) is 14.2 Å². The first kappa shape index (κ1) is 28.2. The number of benzene rings is 4. The monoisotopic (exact) mass is 595 g/mol. The minimum Gasteiger partial charge on any atom is -0.507 e. The van der Waals surface area contributed by atoms with Gasteiger partial charge in [0.2, 0.25) is 0 Å². The fourth-order valence-corrected chi connectivity index (χ4v) is 5.57. The number of methoxy groups -OCH3 is 2. The number of halogens is 1. The molecule has 0 bridgehead atoms. The summed E-state index contributed by atoms with van der Waals surface area (Å²) in [6, 6.07) is 25.9. The predicted octanol–water partition coefficient (Wildman–Crippen LogP) is 7.09. The van der Waals surface area contributed by atoms with Crippen molar-refractivity contribution < 1.29 is 24.1 Å². The third-order valence-electron chi connectivity index (χ3n) is 7.65. The highest BCUT2D eigenvalue weighted by molar-refractivity contribution is 6.31. The van der Waals surface area contributed by atoms with Gasteiger partial charge in [-0.3, -0.25) is 9.89 Å². The summed E-state index contributed by atoms with van der Waals surface area (Å²) in [7, 11) is 3.20. The summed E-state index contributed by atoms with van der Waals surface area (Å²) < 4.78 is 17.2. The van der Waals surface area contributed by atoms with Gasteiger partial charge >= 0.3 is 0 Å². The molecule has 218 valence electrons. The summed E-state index contributed by atoms with van der Waals surface area (Å²) in [5.41, 5.74) is 5.38. The van der Waals surface area contributed by atoms with Crippen LogP contribution < -0.4 is 14.2 Å². The summed E-state index contributed by atoms with van der Waals surface area (Å²) in [5.74, 6) is 1.66. The second kappa shape index (κ2) is 11.7. The number of amides is 1. The quantitative estimate of drug-likeness (QED) is 0.189. The Morgan fingerprint density at radius 3 is 2.42 bits per heavy atom. The molecule has 5 aromatic rings. The standard InChI is InChI=1S/C34H30ClN3O5/c1-20-15-27(39)25(17-26(20)35)31-30-32(37-36-31)34(40)38(18-21-9-12-24(41-2)13-10-21)33(30)23-11-14-28(29(16-23)42-3)43-19-22-7-5-4-6-8-22/h4-17,33,39H,18-19H2,1-3H3,(H,36,37). The van der Waals surface area contributed by atoms with Crippen molar-refractivity contribution in [3.05, 3.63) is 123 Å². The van der Waals surface area contributed by atoms with E-state index in [2.05, 4.69) is 10.2 Å². The molecule has 0 fully saturated rings. The lowest BCUT2D eigenvalue weighted by atomic mass is 9.94. The summed E-state index contributed by atoms with van der Waals surface area (Å²) in [6.07, 6.45) is 0. The molecule has 9 heteroatoms. The van der Waals surface area contributed by atoms with Gasteiger partial charge in [-0.25, -0.2) is 0 Å². The van der Waals surface area contributed by atoms with Gasteiger partial charge in [0.15, 0.2) is 11.5 Å². The number of aromatic amines is 1. The van der Waals surface area contributed by atoms with Crippen LogP contribution in [-0.2, 0) is 13.2 Å². The predicted molar refractivity (Wildman–Crippen MR) is 164 cm³/mol. The fourth-order valence-electron chi connectivity index (χ4n) is 5.40. The van der Waals surface area contributed by atoms with E-state index in [9.17, 15) is 9.90 Å². The van der Waals surface area contributed by atoms with E-state index in [-0.39, 0.29) is 11.7 Å². The molecule has 6 rings (SSSR count). The highest BCUT2D eigenvalue weighted by Crippen LogP contribution is 2.47. The molecule has 1 amide bonds. The van der Waals surface area contributed by atoms with Gasteiger partial charge < -0.3 is 24.2 Å². The maximum Gasteiger partial charge on any atom is 0.273 e. The van der Waals surface area contributed by atoms with E-state index in [1.165, 1.54) is 0 Å². The summed E-state index contributed by atoms with van der Waals surface area (Å²) in [4.78, 5) is 15.7. The molecule has 4 aromatic carbocycles. The zero-order valence-corrected chi connectivity index (χ0v) is 24.7. The fraction of sp³-hybridized carbons (Fsp3) is 0.176. The van der Waals surface area contributed by atoms with Crippen molar-refractivity contribution in [1.82, 2.24) is 15.1 Å². The Kier molecular flexibility index (Phi) is 7.69. The Morgan fingerprint density at radius 1 is 0.930 bits per heavy atom. The lowest BCUT2D eigenvalue weighted by Gasteiger charge is -2.27. The Balaban J connectivity index is 1.43. The normalized spacial score (nSPS) is 14.1. The molecule has 0 radical (unpaired) electrons. The number of fused-ring (bicyclic) bond motifs is 1. The minimum atomic E-state index is -0.546. The van der Waals surface area contributed by atoms with Crippen LogP contribution in [0.3, 0.4) is 0 Å². The highest BCUT2D eigenvalue weighted by atomic mass is 35.5. The van der Waals surface area contributed by atoms with Gasteiger partial charge in [0.1, 0.15) is 29.5 Å². The first-order chi connectivity index (χ1) is 20.9. The van der Waals surface area contributed by atoms with Gasteiger partial charge in [-0.1, -0.05) is 60.1 Å².